The number of alkyl halides is 1. The fourth-order valence-corrected chi connectivity index (χ4v) is 5.82. The average Bonchev–Trinajstić information content (AvgIpc) is 3.18. The van der Waals surface area contributed by atoms with E-state index in [9.17, 15) is 4.39 Å². The molecule has 0 bridgehead atoms. The number of benzene rings is 2. The number of aromatic amines is 1. The van der Waals surface area contributed by atoms with Gasteiger partial charge >= 0.3 is 0 Å². The third kappa shape index (κ3) is 4.22. The van der Waals surface area contributed by atoms with Gasteiger partial charge in [-0.15, -0.1) is 0 Å². The van der Waals surface area contributed by atoms with Gasteiger partial charge in [0.15, 0.2) is 0 Å². The van der Waals surface area contributed by atoms with Crippen LogP contribution in [0.4, 0.5) is 4.39 Å². The number of hydrogen-bond acceptors (Lipinski definition) is 3. The summed E-state index contributed by atoms with van der Waals surface area (Å²) in [5.41, 5.74) is 11.1. The number of likely N-dealkylation sites (tertiary alicyclic amines) is 1. The fraction of sp³-hybridized carbons (Fsp3) is 0.323. The molecule has 184 valence electrons. The topological polar surface area (TPSA) is 41.1 Å². The van der Waals surface area contributed by atoms with E-state index >= 15 is 0 Å². The van der Waals surface area contributed by atoms with Crippen LogP contribution in [0.25, 0.3) is 22.0 Å². The molecule has 0 amide bonds. The van der Waals surface area contributed by atoms with E-state index in [-0.39, 0.29) is 12.6 Å². The Morgan fingerprint density at radius 1 is 1.03 bits per heavy atom. The number of aryl methyl sites for hydroxylation is 2. The zero-order valence-corrected chi connectivity index (χ0v) is 21.0. The van der Waals surface area contributed by atoms with Crippen molar-refractivity contribution in [1.82, 2.24) is 14.9 Å². The maximum atomic E-state index is 12.8. The molecular formula is C31H32FN3O. The van der Waals surface area contributed by atoms with Gasteiger partial charge in [-0.05, 0) is 78.3 Å². The minimum atomic E-state index is -0.215. The Morgan fingerprint density at radius 3 is 2.69 bits per heavy atom. The van der Waals surface area contributed by atoms with E-state index < -0.39 is 0 Å². The van der Waals surface area contributed by atoms with E-state index in [0.717, 1.165) is 50.1 Å². The van der Waals surface area contributed by atoms with Gasteiger partial charge in [-0.3, -0.25) is 9.29 Å². The summed E-state index contributed by atoms with van der Waals surface area (Å²) in [6.45, 7) is 4.51. The lowest BCUT2D eigenvalue weighted by Crippen LogP contribution is -2.46. The fourth-order valence-electron chi connectivity index (χ4n) is 5.82. The molecule has 5 heteroatoms. The summed E-state index contributed by atoms with van der Waals surface area (Å²) >= 11 is 0. The Balaban J connectivity index is 1.46. The van der Waals surface area contributed by atoms with E-state index in [1.54, 1.807) is 7.11 Å². The summed E-state index contributed by atoms with van der Waals surface area (Å²) in [5.74, 6) is 0.870. The van der Waals surface area contributed by atoms with Crippen LogP contribution in [0.1, 0.15) is 46.5 Å². The van der Waals surface area contributed by atoms with E-state index in [4.69, 9.17) is 9.72 Å². The number of rotatable bonds is 6. The minimum Gasteiger partial charge on any atom is -0.481 e. The number of aromatic nitrogens is 2. The first kappa shape index (κ1) is 23.0. The number of fused-ring (bicyclic) bond motifs is 2. The molecule has 3 heterocycles. The zero-order valence-electron chi connectivity index (χ0n) is 21.0. The molecule has 1 saturated heterocycles. The maximum absolute atomic E-state index is 12.8. The monoisotopic (exact) mass is 481 g/mol. The van der Waals surface area contributed by atoms with Gasteiger partial charge in [0, 0.05) is 53.8 Å². The lowest BCUT2D eigenvalue weighted by Gasteiger charge is -2.37. The van der Waals surface area contributed by atoms with E-state index in [2.05, 4.69) is 71.4 Å². The normalized spacial score (nSPS) is 16.6. The summed E-state index contributed by atoms with van der Waals surface area (Å²) in [4.78, 5) is 10.7. The predicted octanol–water partition coefficient (Wildman–Crippen LogP) is 6.58. The first-order valence-electron chi connectivity index (χ1n) is 12.9. The highest BCUT2D eigenvalue weighted by atomic mass is 19.1. The van der Waals surface area contributed by atoms with Gasteiger partial charge in [0.1, 0.15) is 0 Å². The van der Waals surface area contributed by atoms with Crippen LogP contribution in [0.15, 0.2) is 60.7 Å². The molecule has 0 saturated carbocycles. The lowest BCUT2D eigenvalue weighted by atomic mass is 9.87. The standard InChI is InChI=1S/C31H32FN3O/c1-20-6-3-4-7-25(20)26-8-5-9-29-27(11-13-30(34-29)36-2)31(26)22-10-12-28-23(14-22)15-24(33-28)19-35-17-21(16-32)18-35/h3-4,6-7,10-15,21,33H,5,8-9,16-19H2,1-2H3. The molecule has 2 aliphatic rings. The molecule has 2 aromatic carbocycles. The zero-order chi connectivity index (χ0) is 24.6. The molecule has 1 aliphatic heterocycles. The van der Waals surface area contributed by atoms with Crippen LogP contribution >= 0.6 is 0 Å². The van der Waals surface area contributed by atoms with Gasteiger partial charge in [0.05, 0.1) is 19.5 Å². The number of halogens is 1. The predicted molar refractivity (Wildman–Crippen MR) is 144 cm³/mol. The van der Waals surface area contributed by atoms with Crippen LogP contribution in [-0.4, -0.2) is 41.7 Å². The van der Waals surface area contributed by atoms with Crippen molar-refractivity contribution in [3.63, 3.8) is 0 Å². The van der Waals surface area contributed by atoms with Crippen LogP contribution in [-0.2, 0) is 13.0 Å². The summed E-state index contributed by atoms with van der Waals surface area (Å²) < 4.78 is 18.3. The Morgan fingerprint density at radius 2 is 1.89 bits per heavy atom. The summed E-state index contributed by atoms with van der Waals surface area (Å²) in [6, 6.07) is 21.8. The molecule has 1 fully saturated rings. The molecule has 2 aromatic heterocycles. The number of pyridine rings is 1. The van der Waals surface area contributed by atoms with Crippen molar-refractivity contribution < 1.29 is 9.13 Å². The maximum Gasteiger partial charge on any atom is 0.213 e. The second-order valence-electron chi connectivity index (χ2n) is 10.2. The third-order valence-electron chi connectivity index (χ3n) is 7.65. The van der Waals surface area contributed by atoms with E-state index in [1.807, 2.05) is 6.07 Å². The number of nitrogens with one attached hydrogen (secondary N) is 1. The highest BCUT2D eigenvalue weighted by molar-refractivity contribution is 6.02. The van der Waals surface area contributed by atoms with Crippen LogP contribution < -0.4 is 4.74 Å². The van der Waals surface area contributed by atoms with Gasteiger partial charge in [0.2, 0.25) is 5.88 Å². The molecule has 36 heavy (non-hydrogen) atoms. The van der Waals surface area contributed by atoms with Crippen molar-refractivity contribution in [2.45, 2.75) is 32.7 Å². The second kappa shape index (κ2) is 9.55. The quantitative estimate of drug-likeness (QED) is 0.338. The Hall–Kier alpha value is -3.44. The number of nitrogens with zero attached hydrogens (tertiary/aromatic N) is 2. The smallest absolute Gasteiger partial charge is 0.213 e. The van der Waals surface area contributed by atoms with Crippen LogP contribution in [0.2, 0.25) is 0 Å². The number of hydrogen-bond donors (Lipinski definition) is 1. The molecule has 0 atom stereocenters. The van der Waals surface area contributed by atoms with Crippen molar-refractivity contribution in [2.24, 2.45) is 5.92 Å². The number of methoxy groups -OCH3 is 1. The van der Waals surface area contributed by atoms with Crippen LogP contribution in [0, 0.1) is 12.8 Å². The van der Waals surface area contributed by atoms with Gasteiger partial charge in [-0.1, -0.05) is 30.3 Å². The molecule has 0 spiro atoms. The largest absolute Gasteiger partial charge is 0.481 e. The Kier molecular flexibility index (Phi) is 6.10. The van der Waals surface area contributed by atoms with E-state index in [0.29, 0.717) is 5.88 Å². The van der Waals surface area contributed by atoms with Crippen molar-refractivity contribution in [3.8, 4) is 5.88 Å². The number of allylic oxidation sites excluding steroid dienone is 1. The molecule has 1 aliphatic carbocycles. The summed E-state index contributed by atoms with van der Waals surface area (Å²) in [5, 5.41) is 1.20. The van der Waals surface area contributed by atoms with Crippen LogP contribution in [0.3, 0.4) is 0 Å². The van der Waals surface area contributed by atoms with E-state index in [1.165, 1.54) is 44.5 Å². The van der Waals surface area contributed by atoms with Gasteiger partial charge in [0.25, 0.3) is 0 Å². The minimum absolute atomic E-state index is 0.204. The van der Waals surface area contributed by atoms with Gasteiger partial charge in [-0.2, -0.15) is 0 Å². The third-order valence-corrected chi connectivity index (χ3v) is 7.65. The number of H-pyrrole nitrogens is 1. The Labute approximate surface area is 211 Å². The summed E-state index contributed by atoms with van der Waals surface area (Å²) in [7, 11) is 1.68. The molecule has 0 radical (unpaired) electrons. The first-order chi connectivity index (χ1) is 17.6. The van der Waals surface area contributed by atoms with Crippen molar-refractivity contribution >= 4 is 22.0 Å². The highest BCUT2D eigenvalue weighted by Gasteiger charge is 2.27. The molecule has 0 unspecified atom stereocenters. The second-order valence-corrected chi connectivity index (χ2v) is 10.2. The average molecular weight is 482 g/mol. The molecule has 4 nitrogen and oxygen atoms in total. The summed E-state index contributed by atoms with van der Waals surface area (Å²) in [6.07, 6.45) is 2.98. The van der Waals surface area contributed by atoms with Crippen molar-refractivity contribution in [1.29, 1.82) is 0 Å². The van der Waals surface area contributed by atoms with Crippen LogP contribution in [0.5, 0.6) is 5.88 Å². The lowest BCUT2D eigenvalue weighted by molar-refractivity contribution is 0.0728. The Bertz CT molecular complexity index is 1450. The van der Waals surface area contributed by atoms with Crippen molar-refractivity contribution in [2.75, 3.05) is 26.9 Å². The van der Waals surface area contributed by atoms with Crippen molar-refractivity contribution in [3.05, 3.63) is 94.3 Å². The molecule has 4 aromatic rings. The first-order valence-corrected chi connectivity index (χ1v) is 12.9. The van der Waals surface area contributed by atoms with Gasteiger partial charge < -0.3 is 9.72 Å². The molecule has 6 rings (SSSR count). The SMILES string of the molecule is COc1ccc2c(n1)CCCC(c1ccccc1C)=C2c1ccc2[nH]c(CN3CC(CF)C3)cc2c1. The molecular weight excluding hydrogens is 449 g/mol. The molecule has 1 N–H and O–H groups in total. The number of ether oxygens (including phenoxy) is 1. The highest BCUT2D eigenvalue weighted by Crippen LogP contribution is 2.41. The van der Waals surface area contributed by atoms with Gasteiger partial charge in [-0.25, -0.2) is 4.98 Å².